The van der Waals surface area contributed by atoms with E-state index >= 15 is 0 Å². The molecule has 1 saturated carbocycles. The number of hydrogen-bond donors (Lipinski definition) is 2. The van der Waals surface area contributed by atoms with E-state index in [2.05, 4.69) is 29.6 Å². The van der Waals surface area contributed by atoms with Crippen LogP contribution in [0.25, 0.3) is 0 Å². The highest BCUT2D eigenvalue weighted by Gasteiger charge is 2.31. The van der Waals surface area contributed by atoms with Crippen LogP contribution < -0.4 is 11.1 Å². The van der Waals surface area contributed by atoms with E-state index in [-0.39, 0.29) is 24.4 Å². The molecule has 4 nitrogen and oxygen atoms in total. The van der Waals surface area contributed by atoms with Gasteiger partial charge >= 0.3 is 0 Å². The fourth-order valence-corrected chi connectivity index (χ4v) is 2.49. The third-order valence-corrected chi connectivity index (χ3v) is 3.78. The lowest BCUT2D eigenvalue weighted by Crippen LogP contribution is -2.44. The summed E-state index contributed by atoms with van der Waals surface area (Å²) in [7, 11) is 1.58. The first-order valence-electron chi connectivity index (χ1n) is 6.80. The fraction of sp³-hybridized carbons (Fsp3) is 0.533. The monoisotopic (exact) mass is 298 g/mol. The number of nitrogens with two attached hydrogens (primary N) is 1. The van der Waals surface area contributed by atoms with Gasteiger partial charge in [0.2, 0.25) is 5.91 Å². The van der Waals surface area contributed by atoms with Crippen molar-refractivity contribution in [3.05, 3.63) is 35.9 Å². The lowest BCUT2D eigenvalue weighted by atomic mass is 9.76. The van der Waals surface area contributed by atoms with Gasteiger partial charge in [0, 0.05) is 19.7 Å². The molecule has 1 aromatic carbocycles. The maximum Gasteiger partial charge on any atom is 0.222 e. The quantitative estimate of drug-likeness (QED) is 0.842. The highest BCUT2D eigenvalue weighted by atomic mass is 35.5. The van der Waals surface area contributed by atoms with E-state index in [0.29, 0.717) is 24.9 Å². The van der Waals surface area contributed by atoms with Gasteiger partial charge in [0.1, 0.15) is 0 Å². The summed E-state index contributed by atoms with van der Waals surface area (Å²) < 4.78 is 5.11. The van der Waals surface area contributed by atoms with Crippen LogP contribution >= 0.6 is 12.4 Å². The maximum absolute atomic E-state index is 11.8. The summed E-state index contributed by atoms with van der Waals surface area (Å²) in [5.41, 5.74) is 6.87. The zero-order chi connectivity index (χ0) is 13.7. The van der Waals surface area contributed by atoms with Crippen molar-refractivity contribution in [1.82, 2.24) is 5.32 Å². The van der Waals surface area contributed by atoms with E-state index in [1.54, 1.807) is 7.11 Å². The van der Waals surface area contributed by atoms with Gasteiger partial charge in [-0.1, -0.05) is 30.3 Å². The summed E-state index contributed by atoms with van der Waals surface area (Å²) in [5.74, 6) is 0.619. The lowest BCUT2D eigenvalue weighted by Gasteiger charge is -2.36. The van der Waals surface area contributed by atoms with Gasteiger partial charge < -0.3 is 15.8 Å². The molecule has 2 rings (SSSR count). The largest absolute Gasteiger partial charge is 0.380 e. The zero-order valence-electron chi connectivity index (χ0n) is 11.7. The van der Waals surface area contributed by atoms with Crippen LogP contribution in [0.2, 0.25) is 0 Å². The molecule has 0 heterocycles. The Balaban J connectivity index is 0.00000200. The summed E-state index contributed by atoms with van der Waals surface area (Å²) in [6, 6.07) is 10.8. The van der Waals surface area contributed by atoms with Crippen molar-refractivity contribution in [3.8, 4) is 0 Å². The normalized spacial score (nSPS) is 22.3. The van der Waals surface area contributed by atoms with Crippen LogP contribution in [0.3, 0.4) is 0 Å². The van der Waals surface area contributed by atoms with Gasteiger partial charge in [-0.25, -0.2) is 0 Å². The predicted octanol–water partition coefficient (Wildman–Crippen LogP) is 1.83. The average Bonchev–Trinajstić information content (AvgIpc) is 2.40. The molecule has 5 heteroatoms. The fourth-order valence-electron chi connectivity index (χ4n) is 2.49. The summed E-state index contributed by atoms with van der Waals surface area (Å²) >= 11 is 0. The van der Waals surface area contributed by atoms with E-state index in [1.165, 1.54) is 5.56 Å². The highest BCUT2D eigenvalue weighted by Crippen LogP contribution is 2.36. The molecule has 1 unspecified atom stereocenters. The zero-order valence-corrected chi connectivity index (χ0v) is 12.6. The van der Waals surface area contributed by atoms with E-state index in [4.69, 9.17) is 10.5 Å². The molecule has 0 spiro atoms. The highest BCUT2D eigenvalue weighted by molar-refractivity contribution is 5.85. The molecule has 1 aliphatic carbocycles. The van der Waals surface area contributed by atoms with Gasteiger partial charge in [-0.2, -0.15) is 0 Å². The molecule has 0 aliphatic heterocycles. The standard InChI is InChI=1S/C15H22N2O2.ClH/c1-19-14(10-16)9-15(18)17-13-7-12(8-13)11-5-3-2-4-6-11;/h2-6,12-14H,7-10,16H2,1H3,(H,17,18);1H. The molecule has 20 heavy (non-hydrogen) atoms. The number of amides is 1. The Morgan fingerprint density at radius 1 is 1.40 bits per heavy atom. The third-order valence-electron chi connectivity index (χ3n) is 3.78. The second-order valence-corrected chi connectivity index (χ2v) is 5.14. The van der Waals surface area contributed by atoms with Crippen LogP contribution in [0.4, 0.5) is 0 Å². The van der Waals surface area contributed by atoms with Crippen LogP contribution in [-0.2, 0) is 9.53 Å². The average molecular weight is 299 g/mol. The van der Waals surface area contributed by atoms with Gasteiger partial charge in [-0.15, -0.1) is 12.4 Å². The van der Waals surface area contributed by atoms with Crippen molar-refractivity contribution in [2.45, 2.75) is 37.3 Å². The number of carbonyl (C=O) groups excluding carboxylic acids is 1. The molecule has 3 N–H and O–H groups in total. The first-order valence-corrected chi connectivity index (χ1v) is 6.80. The minimum absolute atomic E-state index is 0. The first kappa shape index (κ1) is 17.0. The number of carbonyl (C=O) groups is 1. The molecule has 112 valence electrons. The Bertz CT molecular complexity index is 404. The summed E-state index contributed by atoms with van der Waals surface area (Å²) in [5, 5.41) is 3.04. The molecule has 0 bridgehead atoms. The Kier molecular flexibility index (Phi) is 6.99. The second kappa shape index (κ2) is 8.25. The van der Waals surface area contributed by atoms with Crippen molar-refractivity contribution >= 4 is 18.3 Å². The van der Waals surface area contributed by atoms with Gasteiger partial charge in [0.15, 0.2) is 0 Å². The molecule has 1 amide bonds. The van der Waals surface area contributed by atoms with Gasteiger partial charge in [0.05, 0.1) is 12.5 Å². The van der Waals surface area contributed by atoms with Crippen molar-refractivity contribution in [3.63, 3.8) is 0 Å². The lowest BCUT2D eigenvalue weighted by molar-refractivity contribution is -0.124. The number of benzene rings is 1. The molecule has 0 radical (unpaired) electrons. The molecular formula is C15H23ClN2O2. The Morgan fingerprint density at radius 2 is 2.05 bits per heavy atom. The molecule has 1 atom stereocenters. The van der Waals surface area contributed by atoms with E-state index in [0.717, 1.165) is 12.8 Å². The minimum Gasteiger partial charge on any atom is -0.380 e. The van der Waals surface area contributed by atoms with Crippen LogP contribution in [-0.4, -0.2) is 31.7 Å². The Labute approximate surface area is 126 Å². The van der Waals surface area contributed by atoms with Crippen molar-refractivity contribution in [2.24, 2.45) is 5.73 Å². The number of methoxy groups -OCH3 is 1. The van der Waals surface area contributed by atoms with E-state index < -0.39 is 0 Å². The van der Waals surface area contributed by atoms with Crippen LogP contribution in [0.5, 0.6) is 0 Å². The van der Waals surface area contributed by atoms with Crippen molar-refractivity contribution < 1.29 is 9.53 Å². The molecule has 1 aliphatic rings. The number of ether oxygens (including phenoxy) is 1. The van der Waals surface area contributed by atoms with Crippen molar-refractivity contribution in [2.75, 3.05) is 13.7 Å². The SMILES string of the molecule is COC(CN)CC(=O)NC1CC(c2ccccc2)C1.Cl. The molecule has 1 aromatic rings. The maximum atomic E-state index is 11.8. The molecule has 1 fully saturated rings. The Hall–Kier alpha value is -1.10. The predicted molar refractivity (Wildman–Crippen MR) is 82.1 cm³/mol. The number of hydrogen-bond acceptors (Lipinski definition) is 3. The molecule has 0 saturated heterocycles. The van der Waals surface area contributed by atoms with E-state index in [1.807, 2.05) is 6.07 Å². The molecular weight excluding hydrogens is 276 g/mol. The number of rotatable bonds is 6. The van der Waals surface area contributed by atoms with Crippen LogP contribution in [0.15, 0.2) is 30.3 Å². The van der Waals surface area contributed by atoms with Crippen LogP contribution in [0, 0.1) is 0 Å². The van der Waals surface area contributed by atoms with Gasteiger partial charge in [-0.05, 0) is 24.3 Å². The third kappa shape index (κ3) is 4.47. The van der Waals surface area contributed by atoms with Crippen LogP contribution in [0.1, 0.15) is 30.7 Å². The summed E-state index contributed by atoms with van der Waals surface area (Å²) in [6.45, 7) is 0.376. The topological polar surface area (TPSA) is 64.3 Å². The summed E-state index contributed by atoms with van der Waals surface area (Å²) in [6.07, 6.45) is 2.22. The Morgan fingerprint density at radius 3 is 2.60 bits per heavy atom. The number of nitrogens with one attached hydrogen (secondary N) is 1. The van der Waals surface area contributed by atoms with Crippen molar-refractivity contribution in [1.29, 1.82) is 0 Å². The summed E-state index contributed by atoms with van der Waals surface area (Å²) in [4.78, 5) is 11.8. The molecule has 0 aromatic heterocycles. The minimum atomic E-state index is -0.176. The van der Waals surface area contributed by atoms with Gasteiger partial charge in [-0.3, -0.25) is 4.79 Å². The smallest absolute Gasteiger partial charge is 0.222 e. The van der Waals surface area contributed by atoms with E-state index in [9.17, 15) is 4.79 Å². The number of halogens is 1. The second-order valence-electron chi connectivity index (χ2n) is 5.14. The van der Waals surface area contributed by atoms with Gasteiger partial charge in [0.25, 0.3) is 0 Å². The first-order chi connectivity index (χ1) is 9.22.